The van der Waals surface area contributed by atoms with Gasteiger partial charge in [-0.05, 0) is 18.6 Å². The van der Waals surface area contributed by atoms with E-state index in [1.54, 1.807) is 37.5 Å². The molecular weight excluding hydrogens is 300 g/mol. The molecule has 0 saturated heterocycles. The van der Waals surface area contributed by atoms with Gasteiger partial charge in [0, 0.05) is 18.5 Å². The number of rotatable bonds is 2. The van der Waals surface area contributed by atoms with Crippen molar-refractivity contribution in [1.82, 2.24) is 4.98 Å². The standard InChI is InChI=1S/C16H14N2O5/c1-8-6-10-12(16(20)22-8)11(9-4-3-5-18-7-9)13(14(17)23-10)15(19)21-2/h3-7,11H,17H2,1-2H3/t11-/m0/s1. The van der Waals surface area contributed by atoms with Crippen LogP contribution >= 0.6 is 0 Å². The first-order chi connectivity index (χ1) is 11.0. The van der Waals surface area contributed by atoms with Crippen molar-refractivity contribution in [2.45, 2.75) is 12.8 Å². The van der Waals surface area contributed by atoms with Gasteiger partial charge < -0.3 is 19.6 Å². The maximum absolute atomic E-state index is 12.3. The van der Waals surface area contributed by atoms with Gasteiger partial charge in [0.05, 0.1) is 18.6 Å². The normalized spacial score (nSPS) is 16.5. The molecule has 0 aromatic carbocycles. The third kappa shape index (κ3) is 2.46. The Kier molecular flexibility index (Phi) is 3.61. The molecule has 0 bridgehead atoms. The van der Waals surface area contributed by atoms with Gasteiger partial charge in [-0.2, -0.15) is 0 Å². The van der Waals surface area contributed by atoms with Crippen molar-refractivity contribution in [1.29, 1.82) is 0 Å². The Morgan fingerprint density at radius 1 is 1.43 bits per heavy atom. The van der Waals surface area contributed by atoms with Crippen LogP contribution in [0.5, 0.6) is 5.75 Å². The van der Waals surface area contributed by atoms with Gasteiger partial charge in [-0.3, -0.25) is 4.98 Å². The molecule has 0 amide bonds. The third-order valence-electron chi connectivity index (χ3n) is 3.56. The molecule has 0 unspecified atom stereocenters. The maximum atomic E-state index is 12.3. The molecule has 23 heavy (non-hydrogen) atoms. The predicted molar refractivity (Wildman–Crippen MR) is 79.7 cm³/mol. The van der Waals surface area contributed by atoms with Crippen LogP contribution < -0.4 is 16.1 Å². The number of hydrogen-bond donors (Lipinski definition) is 1. The lowest BCUT2D eigenvalue weighted by atomic mass is 9.84. The van der Waals surface area contributed by atoms with Crippen LogP contribution in [0.3, 0.4) is 0 Å². The van der Waals surface area contributed by atoms with Crippen LogP contribution in [0, 0.1) is 6.92 Å². The Morgan fingerprint density at radius 3 is 2.87 bits per heavy atom. The minimum Gasteiger partial charge on any atom is -0.465 e. The topological polar surface area (TPSA) is 105 Å². The van der Waals surface area contributed by atoms with Gasteiger partial charge in [-0.25, -0.2) is 9.59 Å². The highest BCUT2D eigenvalue weighted by molar-refractivity contribution is 5.92. The van der Waals surface area contributed by atoms with Crippen molar-refractivity contribution < 1.29 is 18.7 Å². The molecule has 1 aliphatic rings. The molecule has 7 heteroatoms. The molecule has 3 heterocycles. The molecule has 2 aromatic rings. The molecule has 118 valence electrons. The third-order valence-corrected chi connectivity index (χ3v) is 3.56. The second-order valence-electron chi connectivity index (χ2n) is 5.01. The van der Waals surface area contributed by atoms with Crippen LogP contribution in [0.4, 0.5) is 0 Å². The molecule has 1 aliphatic heterocycles. The lowest BCUT2D eigenvalue weighted by Crippen LogP contribution is -2.30. The number of fused-ring (bicyclic) bond motifs is 1. The zero-order valence-corrected chi connectivity index (χ0v) is 12.5. The molecule has 0 saturated carbocycles. The van der Waals surface area contributed by atoms with Gasteiger partial charge in [-0.1, -0.05) is 6.07 Å². The monoisotopic (exact) mass is 314 g/mol. The number of carbonyl (C=O) groups excluding carboxylic acids is 1. The number of esters is 1. The predicted octanol–water partition coefficient (Wildman–Crippen LogP) is 1.21. The second kappa shape index (κ2) is 5.60. The maximum Gasteiger partial charge on any atom is 0.343 e. The number of pyridine rings is 1. The highest BCUT2D eigenvalue weighted by Gasteiger charge is 2.38. The number of aryl methyl sites for hydroxylation is 1. The summed E-state index contributed by atoms with van der Waals surface area (Å²) in [6.07, 6.45) is 3.14. The van der Waals surface area contributed by atoms with Gasteiger partial charge in [0.15, 0.2) is 0 Å². The largest absolute Gasteiger partial charge is 0.465 e. The fourth-order valence-corrected chi connectivity index (χ4v) is 2.61. The molecule has 7 nitrogen and oxygen atoms in total. The van der Waals surface area contributed by atoms with Crippen molar-refractivity contribution in [2.75, 3.05) is 7.11 Å². The zero-order chi connectivity index (χ0) is 16.6. The highest BCUT2D eigenvalue weighted by atomic mass is 16.5. The van der Waals surface area contributed by atoms with E-state index in [2.05, 4.69) is 4.98 Å². The number of ether oxygens (including phenoxy) is 2. The smallest absolute Gasteiger partial charge is 0.343 e. The van der Waals surface area contributed by atoms with Gasteiger partial charge in [0.25, 0.3) is 0 Å². The Hall–Kier alpha value is -3.09. The molecule has 2 N–H and O–H groups in total. The van der Waals surface area contributed by atoms with E-state index < -0.39 is 17.5 Å². The summed E-state index contributed by atoms with van der Waals surface area (Å²) in [5.41, 5.74) is 6.15. The van der Waals surface area contributed by atoms with E-state index in [4.69, 9.17) is 19.6 Å². The molecule has 3 rings (SSSR count). The lowest BCUT2D eigenvalue weighted by molar-refractivity contribution is -0.136. The average molecular weight is 314 g/mol. The summed E-state index contributed by atoms with van der Waals surface area (Å²) in [7, 11) is 1.23. The van der Waals surface area contributed by atoms with Crippen molar-refractivity contribution in [2.24, 2.45) is 5.73 Å². The van der Waals surface area contributed by atoms with Crippen molar-refractivity contribution in [3.05, 3.63) is 69.4 Å². The van der Waals surface area contributed by atoms with Crippen molar-refractivity contribution >= 4 is 5.97 Å². The molecule has 0 spiro atoms. The Bertz CT molecular complexity index is 855. The van der Waals surface area contributed by atoms with E-state index >= 15 is 0 Å². The van der Waals surface area contributed by atoms with Gasteiger partial charge in [0.2, 0.25) is 5.88 Å². The fraction of sp³-hybridized carbons (Fsp3) is 0.188. The number of nitrogens with zero attached hydrogens (tertiary/aromatic N) is 1. The number of hydrogen-bond acceptors (Lipinski definition) is 7. The molecular formula is C16H14N2O5. The summed E-state index contributed by atoms with van der Waals surface area (Å²) in [5, 5.41) is 0. The summed E-state index contributed by atoms with van der Waals surface area (Å²) in [5.74, 6) is -0.910. The second-order valence-corrected chi connectivity index (χ2v) is 5.01. The number of nitrogens with two attached hydrogens (primary N) is 1. The van der Waals surface area contributed by atoms with Crippen LogP contribution in [0.25, 0.3) is 0 Å². The van der Waals surface area contributed by atoms with Crippen molar-refractivity contribution in [3.63, 3.8) is 0 Å². The molecule has 1 atom stereocenters. The SMILES string of the molecule is COC(=O)C1=C(N)Oc2cc(C)oc(=O)c2[C@@H]1c1cccnc1. The van der Waals surface area contributed by atoms with E-state index in [9.17, 15) is 9.59 Å². The lowest BCUT2D eigenvalue weighted by Gasteiger charge is -2.26. The zero-order valence-electron chi connectivity index (χ0n) is 12.5. The number of methoxy groups -OCH3 is 1. The van der Waals surface area contributed by atoms with Crippen LogP contribution in [0.2, 0.25) is 0 Å². The number of aromatic nitrogens is 1. The first-order valence-electron chi connectivity index (χ1n) is 6.83. The van der Waals surface area contributed by atoms with Crippen LogP contribution in [-0.2, 0) is 9.53 Å². The summed E-state index contributed by atoms with van der Waals surface area (Å²) in [6.45, 7) is 1.62. The van der Waals surface area contributed by atoms with E-state index in [0.717, 1.165) is 0 Å². The quantitative estimate of drug-likeness (QED) is 0.831. The van der Waals surface area contributed by atoms with Crippen LogP contribution in [0.15, 0.2) is 51.3 Å². The first kappa shape index (κ1) is 14.8. The van der Waals surface area contributed by atoms with Gasteiger partial charge in [0.1, 0.15) is 17.1 Å². The summed E-state index contributed by atoms with van der Waals surface area (Å²) < 4.78 is 15.4. The summed E-state index contributed by atoms with van der Waals surface area (Å²) in [6, 6.07) is 4.99. The van der Waals surface area contributed by atoms with E-state index in [1.165, 1.54) is 7.11 Å². The molecule has 0 fully saturated rings. The summed E-state index contributed by atoms with van der Waals surface area (Å²) in [4.78, 5) is 28.5. The average Bonchev–Trinajstić information content (AvgIpc) is 2.53. The van der Waals surface area contributed by atoms with Crippen molar-refractivity contribution in [3.8, 4) is 5.75 Å². The van der Waals surface area contributed by atoms with Crippen LogP contribution in [-0.4, -0.2) is 18.1 Å². The Morgan fingerprint density at radius 2 is 2.22 bits per heavy atom. The van der Waals surface area contributed by atoms with Gasteiger partial charge >= 0.3 is 11.6 Å². The minimum atomic E-state index is -0.767. The highest BCUT2D eigenvalue weighted by Crippen LogP contribution is 2.40. The van der Waals surface area contributed by atoms with Gasteiger partial charge in [-0.15, -0.1) is 0 Å². The Balaban J connectivity index is 2.31. The van der Waals surface area contributed by atoms with E-state index in [0.29, 0.717) is 11.3 Å². The number of carbonyl (C=O) groups is 1. The molecule has 2 aromatic heterocycles. The molecule has 0 aliphatic carbocycles. The summed E-state index contributed by atoms with van der Waals surface area (Å²) >= 11 is 0. The fourth-order valence-electron chi connectivity index (χ4n) is 2.61. The van der Waals surface area contributed by atoms with Crippen LogP contribution in [0.1, 0.15) is 22.8 Å². The van der Waals surface area contributed by atoms with E-state index in [-0.39, 0.29) is 22.8 Å². The van der Waals surface area contributed by atoms with E-state index in [1.807, 2.05) is 0 Å². The molecule has 0 radical (unpaired) electrons. The first-order valence-corrected chi connectivity index (χ1v) is 6.83. The minimum absolute atomic E-state index is 0.0455. The Labute approximate surface area is 131 Å².